The van der Waals surface area contributed by atoms with E-state index in [0.29, 0.717) is 25.1 Å². The van der Waals surface area contributed by atoms with Crippen molar-refractivity contribution in [1.82, 2.24) is 25.3 Å². The first-order valence-corrected chi connectivity index (χ1v) is 16.7. The summed E-state index contributed by atoms with van der Waals surface area (Å²) >= 11 is 0. The van der Waals surface area contributed by atoms with Crippen molar-refractivity contribution in [2.24, 2.45) is 11.3 Å². The number of carbonyl (C=O) groups is 4. The summed E-state index contributed by atoms with van der Waals surface area (Å²) in [5, 5.41) is 6.14. The van der Waals surface area contributed by atoms with Gasteiger partial charge in [0.05, 0.1) is 12.1 Å². The highest BCUT2D eigenvalue weighted by Crippen LogP contribution is 2.27. The van der Waals surface area contributed by atoms with Crippen molar-refractivity contribution < 1.29 is 19.2 Å². The molecule has 4 atom stereocenters. The van der Waals surface area contributed by atoms with Gasteiger partial charge in [-0.2, -0.15) is 0 Å². The van der Waals surface area contributed by atoms with Gasteiger partial charge in [0, 0.05) is 31.8 Å². The fourth-order valence-electron chi connectivity index (χ4n) is 6.38. The molecule has 2 N–H and O–H groups in total. The van der Waals surface area contributed by atoms with E-state index in [1.54, 1.807) is 23.8 Å². The van der Waals surface area contributed by atoms with Crippen molar-refractivity contribution in [2.75, 3.05) is 26.7 Å². The maximum absolute atomic E-state index is 14.1. The average Bonchev–Trinajstić information content (AvgIpc) is 3.44. The first kappa shape index (κ1) is 36.8. The summed E-state index contributed by atoms with van der Waals surface area (Å²) in [7, 11) is 1.76. The molecule has 0 aromatic heterocycles. The Morgan fingerprint density at radius 1 is 0.930 bits per heavy atom. The summed E-state index contributed by atoms with van der Waals surface area (Å²) in [6, 6.07) is -1.52. The second-order valence-electron chi connectivity index (χ2n) is 14.3. The molecule has 4 unspecified atom stereocenters. The molecule has 0 aliphatic carbocycles. The molecule has 246 valence electrons. The molecule has 4 amide bonds. The molecule has 2 fully saturated rings. The zero-order valence-electron chi connectivity index (χ0n) is 28.8. The summed E-state index contributed by atoms with van der Waals surface area (Å²) < 4.78 is 0. The molecule has 2 aliphatic rings. The predicted molar refractivity (Wildman–Crippen MR) is 173 cm³/mol. The third-order valence-corrected chi connectivity index (χ3v) is 9.04. The topological polar surface area (TPSA) is 102 Å². The zero-order valence-corrected chi connectivity index (χ0v) is 28.8. The van der Waals surface area contributed by atoms with Gasteiger partial charge in [-0.05, 0) is 70.8 Å². The van der Waals surface area contributed by atoms with Gasteiger partial charge >= 0.3 is 0 Å². The van der Waals surface area contributed by atoms with Crippen LogP contribution in [0.2, 0.25) is 0 Å². The van der Waals surface area contributed by atoms with Crippen LogP contribution in [0.5, 0.6) is 0 Å². The smallest absolute Gasteiger partial charge is 0.249 e. The number of rotatable bonds is 13. The molecule has 9 heteroatoms. The van der Waals surface area contributed by atoms with Crippen LogP contribution < -0.4 is 10.6 Å². The molecular formula is C34H61N5O4. The van der Waals surface area contributed by atoms with Gasteiger partial charge in [0.25, 0.3) is 0 Å². The molecule has 0 aromatic rings. The van der Waals surface area contributed by atoms with Crippen LogP contribution in [0.4, 0.5) is 0 Å². The fourth-order valence-corrected chi connectivity index (χ4v) is 6.38. The van der Waals surface area contributed by atoms with Gasteiger partial charge in [-0.25, -0.2) is 0 Å². The number of likely N-dealkylation sites (N-methyl/N-ethyl adjacent to an activating group) is 1. The number of likely N-dealkylation sites (tertiary alicyclic amines) is 2. The van der Waals surface area contributed by atoms with Gasteiger partial charge in [0.1, 0.15) is 12.1 Å². The van der Waals surface area contributed by atoms with Gasteiger partial charge < -0.3 is 20.4 Å². The number of hydrogen-bond donors (Lipinski definition) is 2. The first-order chi connectivity index (χ1) is 20.1. The molecule has 2 saturated heterocycles. The van der Waals surface area contributed by atoms with E-state index in [0.717, 1.165) is 51.5 Å². The quantitative estimate of drug-likeness (QED) is 0.238. The number of unbranched alkanes of at least 4 members (excludes halogenated alkanes) is 2. The number of hydrogen-bond acceptors (Lipinski definition) is 5. The van der Waals surface area contributed by atoms with Crippen LogP contribution in [0.1, 0.15) is 114 Å². The van der Waals surface area contributed by atoms with Crippen LogP contribution in [-0.4, -0.2) is 95.2 Å². The molecule has 0 saturated carbocycles. The number of carbonyl (C=O) groups excluding carboxylic acids is 4. The Morgan fingerprint density at radius 2 is 1.58 bits per heavy atom. The van der Waals surface area contributed by atoms with Gasteiger partial charge in [0.15, 0.2) is 0 Å². The average molecular weight is 604 g/mol. The molecule has 2 rings (SSSR count). The molecule has 0 bridgehead atoms. The second kappa shape index (κ2) is 16.6. The van der Waals surface area contributed by atoms with Crippen molar-refractivity contribution >= 4 is 23.6 Å². The summed E-state index contributed by atoms with van der Waals surface area (Å²) in [6.45, 7) is 20.2. The Bertz CT molecular complexity index is 986. The summed E-state index contributed by atoms with van der Waals surface area (Å²) in [6.07, 6.45) is 9.27. The highest BCUT2D eigenvalue weighted by molar-refractivity contribution is 5.97. The third-order valence-electron chi connectivity index (χ3n) is 9.04. The van der Waals surface area contributed by atoms with E-state index in [1.807, 2.05) is 40.7 Å². The van der Waals surface area contributed by atoms with Crippen LogP contribution in [0.25, 0.3) is 0 Å². The first-order valence-electron chi connectivity index (χ1n) is 16.7. The van der Waals surface area contributed by atoms with E-state index in [-0.39, 0.29) is 47.7 Å². The van der Waals surface area contributed by atoms with Crippen molar-refractivity contribution in [3.63, 3.8) is 0 Å². The minimum atomic E-state index is -0.717. The molecular weight excluding hydrogens is 542 g/mol. The van der Waals surface area contributed by atoms with Crippen LogP contribution in [0, 0.1) is 11.3 Å². The lowest BCUT2D eigenvalue weighted by atomic mass is 9.84. The van der Waals surface area contributed by atoms with Crippen LogP contribution in [-0.2, 0) is 19.2 Å². The Balaban J connectivity index is 2.21. The number of amides is 4. The van der Waals surface area contributed by atoms with Crippen LogP contribution >= 0.6 is 0 Å². The van der Waals surface area contributed by atoms with Crippen molar-refractivity contribution in [2.45, 2.75) is 144 Å². The van der Waals surface area contributed by atoms with Gasteiger partial charge in [-0.3, -0.25) is 24.1 Å². The highest BCUT2D eigenvalue weighted by atomic mass is 16.2. The normalized spacial score (nSPS) is 21.6. The molecule has 2 aliphatic heterocycles. The van der Waals surface area contributed by atoms with Gasteiger partial charge in [0.2, 0.25) is 23.6 Å². The van der Waals surface area contributed by atoms with E-state index in [9.17, 15) is 19.2 Å². The molecule has 0 radical (unpaired) electrons. The lowest BCUT2D eigenvalue weighted by Gasteiger charge is -2.41. The van der Waals surface area contributed by atoms with Crippen LogP contribution in [0.3, 0.4) is 0 Å². The van der Waals surface area contributed by atoms with E-state index in [2.05, 4.69) is 36.3 Å². The Kier molecular flexibility index (Phi) is 14.2. The fraction of sp³-hybridized carbons (Fsp3) is 0.824. The van der Waals surface area contributed by atoms with Crippen molar-refractivity contribution in [3.05, 3.63) is 11.6 Å². The highest BCUT2D eigenvalue weighted by Gasteiger charge is 2.40. The van der Waals surface area contributed by atoms with Crippen LogP contribution in [0.15, 0.2) is 11.6 Å². The Labute approximate surface area is 261 Å². The van der Waals surface area contributed by atoms with Crippen molar-refractivity contribution in [1.29, 1.82) is 0 Å². The second-order valence-corrected chi connectivity index (χ2v) is 14.3. The molecule has 0 aromatic carbocycles. The summed E-state index contributed by atoms with van der Waals surface area (Å²) in [5.74, 6) is -0.483. The molecule has 43 heavy (non-hydrogen) atoms. The monoisotopic (exact) mass is 603 g/mol. The SMILES string of the molecule is CCCCCNC(=O)C1CCCN1C(=O)/C(C)=C/C(C(C)C)N(C)C(=O)C(NC(=O)C1CCCCN1C(C)C)C(C)(C)C. The maximum Gasteiger partial charge on any atom is 0.249 e. The van der Waals surface area contributed by atoms with E-state index in [4.69, 9.17) is 0 Å². The maximum atomic E-state index is 14.1. The number of nitrogens with zero attached hydrogens (tertiary/aromatic N) is 3. The minimum absolute atomic E-state index is 0.0269. The lowest BCUT2D eigenvalue weighted by molar-refractivity contribution is -0.142. The van der Waals surface area contributed by atoms with E-state index in [1.165, 1.54) is 0 Å². The summed E-state index contributed by atoms with van der Waals surface area (Å²) in [5.41, 5.74) is 0.0111. The standard InChI is InChI=1S/C34H61N5O4/c1-11-12-14-19-35-30(40)26-18-16-21-39(26)32(42)25(6)22-28(23(2)3)37(10)33(43)29(34(7,8)9)36-31(41)27-17-13-15-20-38(27)24(4)5/h22-24,26-29H,11-21H2,1-10H3,(H,35,40)(H,36,41)/b25-22+. The number of piperidine rings is 1. The molecule has 9 nitrogen and oxygen atoms in total. The summed E-state index contributed by atoms with van der Waals surface area (Å²) in [4.78, 5) is 59.8. The predicted octanol–water partition coefficient (Wildman–Crippen LogP) is 4.51. The van der Waals surface area contributed by atoms with Crippen molar-refractivity contribution in [3.8, 4) is 0 Å². The third kappa shape index (κ3) is 10.0. The van der Waals surface area contributed by atoms with E-state index >= 15 is 0 Å². The Hall–Kier alpha value is -2.42. The Morgan fingerprint density at radius 3 is 2.16 bits per heavy atom. The minimum Gasteiger partial charge on any atom is -0.354 e. The van der Waals surface area contributed by atoms with Gasteiger partial charge in [-0.1, -0.05) is 66.9 Å². The molecule has 2 heterocycles. The zero-order chi connectivity index (χ0) is 32.5. The largest absolute Gasteiger partial charge is 0.354 e. The molecule has 0 spiro atoms. The van der Waals surface area contributed by atoms with Gasteiger partial charge in [-0.15, -0.1) is 0 Å². The lowest BCUT2D eigenvalue weighted by Crippen LogP contribution is -2.60. The van der Waals surface area contributed by atoms with E-state index < -0.39 is 17.5 Å². The number of nitrogens with one attached hydrogen (secondary N) is 2.